The van der Waals surface area contributed by atoms with Crippen LogP contribution in [-0.4, -0.2) is 50.2 Å². The Morgan fingerprint density at radius 3 is 2.88 bits per heavy atom. The molecule has 1 N–H and O–H groups in total. The largest absolute Gasteiger partial charge is 0.354 e. The quantitative estimate of drug-likeness (QED) is 0.720. The van der Waals surface area contributed by atoms with Gasteiger partial charge in [-0.3, -0.25) is 4.79 Å². The van der Waals surface area contributed by atoms with Crippen molar-refractivity contribution in [2.75, 3.05) is 19.0 Å². The van der Waals surface area contributed by atoms with E-state index in [0.29, 0.717) is 11.3 Å². The van der Waals surface area contributed by atoms with Gasteiger partial charge in [-0.1, -0.05) is 18.3 Å². The minimum atomic E-state index is -0.390. The average molecular weight is 349 g/mol. The molecule has 3 rings (SSSR count). The van der Waals surface area contributed by atoms with Crippen molar-refractivity contribution in [2.24, 2.45) is 0 Å². The number of nitrogens with one attached hydrogen (secondary N) is 1. The van der Waals surface area contributed by atoms with E-state index in [2.05, 4.69) is 20.4 Å². The molecule has 1 amide bonds. The summed E-state index contributed by atoms with van der Waals surface area (Å²) in [6, 6.07) is 0.0581. The Kier molecular flexibility index (Phi) is 4.22. The molecule has 0 spiro atoms. The summed E-state index contributed by atoms with van der Waals surface area (Å²) >= 11 is 1.41. The molecule has 128 valence electrons. The van der Waals surface area contributed by atoms with Gasteiger partial charge in [-0.05, 0) is 13.3 Å². The van der Waals surface area contributed by atoms with Gasteiger partial charge < -0.3 is 10.2 Å². The fourth-order valence-electron chi connectivity index (χ4n) is 2.18. The van der Waals surface area contributed by atoms with Gasteiger partial charge in [0.2, 0.25) is 5.91 Å². The third-order valence-electron chi connectivity index (χ3n) is 3.66. The van der Waals surface area contributed by atoms with E-state index in [-0.39, 0.29) is 18.5 Å². The van der Waals surface area contributed by atoms with E-state index in [1.807, 2.05) is 32.8 Å². The van der Waals surface area contributed by atoms with E-state index in [4.69, 9.17) is 0 Å². The molecule has 0 saturated heterocycles. The van der Waals surface area contributed by atoms with Crippen LogP contribution in [0.1, 0.15) is 20.3 Å². The van der Waals surface area contributed by atoms with Crippen molar-refractivity contribution in [3.63, 3.8) is 0 Å². The number of rotatable bonds is 5. The van der Waals surface area contributed by atoms with Gasteiger partial charge in [0.05, 0.1) is 0 Å². The Morgan fingerprint density at radius 2 is 2.21 bits per heavy atom. The molecular formula is C14H19N7O2S. The smallest absolute Gasteiger partial charge is 0.352 e. The fourth-order valence-corrected chi connectivity index (χ4v) is 3.10. The standard InChI is InChI=1S/C14H19N7O2S/c1-5-8(2)16-9(22)6-21-14(23)20-7-15-11-10(12(20)18-21)24-13(17-11)19(3)4/h7-8H,5-6H2,1-4H3,(H,16,22). The average Bonchev–Trinajstić information content (AvgIpc) is 3.09. The van der Waals surface area contributed by atoms with Crippen LogP contribution in [0.3, 0.4) is 0 Å². The number of anilines is 1. The van der Waals surface area contributed by atoms with E-state index >= 15 is 0 Å². The Hall–Kier alpha value is -2.49. The molecule has 0 aliphatic carbocycles. The number of carbonyl (C=O) groups excluding carboxylic acids is 1. The molecule has 0 fully saturated rings. The van der Waals surface area contributed by atoms with Gasteiger partial charge in [-0.25, -0.2) is 18.9 Å². The highest BCUT2D eigenvalue weighted by Gasteiger charge is 2.17. The lowest BCUT2D eigenvalue weighted by Gasteiger charge is -2.10. The predicted molar refractivity (Wildman–Crippen MR) is 92.6 cm³/mol. The third-order valence-corrected chi connectivity index (χ3v) is 4.87. The first-order chi connectivity index (χ1) is 11.4. The number of nitrogens with zero attached hydrogens (tertiary/aromatic N) is 6. The topological polar surface area (TPSA) is 97.4 Å². The van der Waals surface area contributed by atoms with Gasteiger partial charge in [-0.2, -0.15) is 4.98 Å². The molecule has 24 heavy (non-hydrogen) atoms. The summed E-state index contributed by atoms with van der Waals surface area (Å²) < 4.78 is 3.22. The second kappa shape index (κ2) is 6.19. The highest BCUT2D eigenvalue weighted by molar-refractivity contribution is 7.22. The van der Waals surface area contributed by atoms with Crippen molar-refractivity contribution < 1.29 is 4.79 Å². The monoisotopic (exact) mass is 349 g/mol. The van der Waals surface area contributed by atoms with E-state index in [0.717, 1.165) is 20.9 Å². The van der Waals surface area contributed by atoms with Crippen LogP contribution in [0.5, 0.6) is 0 Å². The van der Waals surface area contributed by atoms with Crippen LogP contribution in [0.15, 0.2) is 11.1 Å². The van der Waals surface area contributed by atoms with E-state index < -0.39 is 5.69 Å². The lowest BCUT2D eigenvalue weighted by atomic mass is 10.2. The molecule has 0 aliphatic rings. The summed E-state index contributed by atoms with van der Waals surface area (Å²) in [7, 11) is 3.78. The Bertz CT molecular complexity index is 955. The first kappa shape index (κ1) is 16.4. The van der Waals surface area contributed by atoms with E-state index in [1.54, 1.807) is 0 Å². The Morgan fingerprint density at radius 1 is 1.46 bits per heavy atom. The number of aromatic nitrogens is 5. The van der Waals surface area contributed by atoms with Crippen LogP contribution in [0.4, 0.5) is 5.13 Å². The molecule has 1 atom stereocenters. The van der Waals surface area contributed by atoms with Gasteiger partial charge in [0, 0.05) is 20.1 Å². The van der Waals surface area contributed by atoms with Gasteiger partial charge in [-0.15, -0.1) is 5.10 Å². The van der Waals surface area contributed by atoms with Crippen LogP contribution in [0, 0.1) is 0 Å². The summed E-state index contributed by atoms with van der Waals surface area (Å²) in [5, 5.41) is 7.91. The Balaban J connectivity index is 2.02. The van der Waals surface area contributed by atoms with Crippen molar-refractivity contribution in [1.82, 2.24) is 29.5 Å². The second-order valence-electron chi connectivity index (χ2n) is 5.80. The van der Waals surface area contributed by atoms with Crippen molar-refractivity contribution >= 4 is 38.4 Å². The molecule has 10 heteroatoms. The van der Waals surface area contributed by atoms with Crippen LogP contribution in [0.2, 0.25) is 0 Å². The maximum atomic E-state index is 12.4. The number of thiazole rings is 1. The summed E-state index contributed by atoms with van der Waals surface area (Å²) in [6.45, 7) is 3.78. The molecule has 3 heterocycles. The number of amides is 1. The molecule has 0 radical (unpaired) electrons. The summed E-state index contributed by atoms with van der Waals surface area (Å²) in [5.74, 6) is -0.239. The number of carbonyl (C=O) groups is 1. The zero-order chi connectivity index (χ0) is 17.4. The van der Waals surface area contributed by atoms with Gasteiger partial charge in [0.15, 0.2) is 16.4 Å². The highest BCUT2D eigenvalue weighted by Crippen LogP contribution is 2.28. The van der Waals surface area contributed by atoms with Crippen molar-refractivity contribution in [3.05, 3.63) is 16.8 Å². The van der Waals surface area contributed by atoms with E-state index in [9.17, 15) is 9.59 Å². The Labute approximate surface area is 141 Å². The minimum Gasteiger partial charge on any atom is -0.354 e. The lowest BCUT2D eigenvalue weighted by Crippen LogP contribution is -2.37. The second-order valence-corrected chi connectivity index (χ2v) is 6.78. The maximum Gasteiger partial charge on any atom is 0.352 e. The van der Waals surface area contributed by atoms with Gasteiger partial charge >= 0.3 is 5.69 Å². The number of hydrogen-bond acceptors (Lipinski definition) is 7. The van der Waals surface area contributed by atoms with E-state index in [1.165, 1.54) is 22.1 Å². The predicted octanol–water partition coefficient (Wildman–Crippen LogP) is 0.481. The first-order valence-corrected chi connectivity index (χ1v) is 8.43. The molecule has 3 aromatic heterocycles. The first-order valence-electron chi connectivity index (χ1n) is 7.62. The highest BCUT2D eigenvalue weighted by atomic mass is 32.1. The molecule has 3 aromatic rings. The van der Waals surface area contributed by atoms with Crippen molar-refractivity contribution in [3.8, 4) is 0 Å². The van der Waals surface area contributed by atoms with Gasteiger partial charge in [0.1, 0.15) is 17.6 Å². The summed E-state index contributed by atoms with van der Waals surface area (Å²) in [5.41, 5.74) is 0.614. The normalized spacial score (nSPS) is 12.7. The molecule has 0 aromatic carbocycles. The van der Waals surface area contributed by atoms with Crippen LogP contribution in [0.25, 0.3) is 16.0 Å². The maximum absolute atomic E-state index is 12.4. The summed E-state index contributed by atoms with van der Waals surface area (Å²) in [4.78, 5) is 34.9. The van der Waals surface area contributed by atoms with Crippen LogP contribution in [-0.2, 0) is 11.3 Å². The SMILES string of the molecule is CCC(C)NC(=O)Cn1nc2c3sc(N(C)C)nc3ncn2c1=O. The zero-order valence-electron chi connectivity index (χ0n) is 14.0. The molecule has 0 aliphatic heterocycles. The third kappa shape index (κ3) is 2.84. The molecule has 1 unspecified atom stereocenters. The molecule has 0 saturated carbocycles. The van der Waals surface area contributed by atoms with Crippen LogP contribution >= 0.6 is 11.3 Å². The minimum absolute atomic E-state index is 0.0581. The van der Waals surface area contributed by atoms with Crippen molar-refractivity contribution in [1.29, 1.82) is 0 Å². The number of hydrogen-bond donors (Lipinski definition) is 1. The summed E-state index contributed by atoms with van der Waals surface area (Å²) in [6.07, 6.45) is 2.22. The van der Waals surface area contributed by atoms with Crippen molar-refractivity contribution in [2.45, 2.75) is 32.9 Å². The zero-order valence-corrected chi connectivity index (χ0v) is 14.8. The fraction of sp³-hybridized carbons (Fsp3) is 0.500. The van der Waals surface area contributed by atoms with Gasteiger partial charge in [0.25, 0.3) is 0 Å². The molecule has 0 bridgehead atoms. The number of fused-ring (bicyclic) bond motifs is 3. The molecule has 9 nitrogen and oxygen atoms in total. The lowest BCUT2D eigenvalue weighted by molar-refractivity contribution is -0.122. The molecular weight excluding hydrogens is 330 g/mol. The van der Waals surface area contributed by atoms with Crippen LogP contribution < -0.4 is 15.9 Å².